The number of nitrogens with one attached hydrogen (secondary N) is 1. The van der Waals surface area contributed by atoms with E-state index in [0.717, 1.165) is 18.5 Å². The molecule has 0 atom stereocenters. The van der Waals surface area contributed by atoms with E-state index in [0.29, 0.717) is 0 Å². The molecule has 23 heavy (non-hydrogen) atoms. The van der Waals surface area contributed by atoms with Crippen LogP contribution in [-0.2, 0) is 7.05 Å². The highest BCUT2D eigenvalue weighted by molar-refractivity contribution is 14.0. The van der Waals surface area contributed by atoms with Crippen molar-refractivity contribution in [1.29, 1.82) is 0 Å². The highest BCUT2D eigenvalue weighted by Gasteiger charge is 2.07. The molecule has 1 heterocycles. The van der Waals surface area contributed by atoms with E-state index in [4.69, 9.17) is 0 Å². The second kappa shape index (κ2) is 14.9. The monoisotopic (exact) mass is 433 g/mol. The maximum atomic E-state index is 11.9. The van der Waals surface area contributed by atoms with Crippen LogP contribution in [0.15, 0.2) is 24.5 Å². The van der Waals surface area contributed by atoms with Gasteiger partial charge in [0.1, 0.15) is 12.6 Å². The lowest BCUT2D eigenvalue weighted by Crippen LogP contribution is -2.31. The van der Waals surface area contributed by atoms with Crippen molar-refractivity contribution >= 4 is 29.9 Å². The fourth-order valence-electron chi connectivity index (χ4n) is 2.64. The van der Waals surface area contributed by atoms with Gasteiger partial charge in [0.25, 0.3) is 5.91 Å². The van der Waals surface area contributed by atoms with E-state index in [1.807, 2.05) is 36.1 Å². The van der Waals surface area contributed by atoms with E-state index >= 15 is 0 Å². The summed E-state index contributed by atoms with van der Waals surface area (Å²) in [4.78, 5) is 11.9. The maximum Gasteiger partial charge on any atom is 0.257 e. The van der Waals surface area contributed by atoms with Crippen LogP contribution in [0.4, 0.5) is 0 Å². The van der Waals surface area contributed by atoms with E-state index in [9.17, 15) is 4.79 Å². The van der Waals surface area contributed by atoms with Gasteiger partial charge in [-0.15, -0.1) is 24.0 Å². The SMILES string of the molecule is CCCCCCCCCCCCNC(=O)c1ccc[n+](C)c1.I. The van der Waals surface area contributed by atoms with E-state index in [1.165, 1.54) is 57.8 Å². The highest BCUT2D eigenvalue weighted by Crippen LogP contribution is 2.10. The molecule has 0 saturated heterocycles. The third-order valence-electron chi connectivity index (χ3n) is 4.02. The van der Waals surface area contributed by atoms with Crippen molar-refractivity contribution in [2.45, 2.75) is 71.1 Å². The first-order valence-corrected chi connectivity index (χ1v) is 8.97. The number of carbonyl (C=O) groups excluding carboxylic acids is 1. The molecule has 0 aliphatic carbocycles. The molecule has 0 fully saturated rings. The number of halogens is 1. The molecule has 0 unspecified atom stereocenters. The number of pyridine rings is 1. The highest BCUT2D eigenvalue weighted by atomic mass is 127. The van der Waals surface area contributed by atoms with Gasteiger partial charge < -0.3 is 5.32 Å². The molecule has 1 amide bonds. The summed E-state index contributed by atoms with van der Waals surface area (Å²) in [6.07, 6.45) is 17.0. The van der Waals surface area contributed by atoms with Crippen molar-refractivity contribution in [2.75, 3.05) is 6.54 Å². The topological polar surface area (TPSA) is 33.0 Å². The normalized spacial score (nSPS) is 10.2. The molecule has 0 saturated carbocycles. The van der Waals surface area contributed by atoms with E-state index < -0.39 is 0 Å². The molecular formula is C19H34IN2O+. The molecule has 1 aromatic rings. The Morgan fingerprint density at radius 2 is 1.57 bits per heavy atom. The second-order valence-electron chi connectivity index (χ2n) is 6.20. The summed E-state index contributed by atoms with van der Waals surface area (Å²) in [5.41, 5.74) is 0.733. The van der Waals surface area contributed by atoms with Gasteiger partial charge >= 0.3 is 0 Å². The molecule has 132 valence electrons. The van der Waals surface area contributed by atoms with Crippen LogP contribution in [0.5, 0.6) is 0 Å². The summed E-state index contributed by atoms with van der Waals surface area (Å²) in [5, 5.41) is 3.00. The van der Waals surface area contributed by atoms with Crippen LogP contribution in [0.3, 0.4) is 0 Å². The zero-order chi connectivity index (χ0) is 16.0. The van der Waals surface area contributed by atoms with E-state index in [-0.39, 0.29) is 29.9 Å². The molecule has 4 heteroatoms. The van der Waals surface area contributed by atoms with Gasteiger partial charge in [-0.25, -0.2) is 4.57 Å². The number of nitrogens with zero attached hydrogens (tertiary/aromatic N) is 1. The molecule has 0 aromatic carbocycles. The van der Waals surface area contributed by atoms with Crippen LogP contribution < -0.4 is 9.88 Å². The van der Waals surface area contributed by atoms with Crippen LogP contribution in [0.2, 0.25) is 0 Å². The lowest BCUT2D eigenvalue weighted by molar-refractivity contribution is -0.671. The Hall–Kier alpha value is -0.650. The van der Waals surface area contributed by atoms with Crippen molar-refractivity contribution in [2.24, 2.45) is 7.05 Å². The average molecular weight is 433 g/mol. The third kappa shape index (κ3) is 11.5. The number of aromatic nitrogens is 1. The quantitative estimate of drug-likeness (QED) is 0.287. The van der Waals surface area contributed by atoms with Gasteiger partial charge in [-0.05, 0) is 12.5 Å². The number of aryl methyl sites for hydroxylation is 1. The summed E-state index contributed by atoms with van der Waals surface area (Å²) >= 11 is 0. The van der Waals surface area contributed by atoms with Gasteiger partial charge in [-0.3, -0.25) is 4.79 Å². The van der Waals surface area contributed by atoms with Crippen LogP contribution >= 0.6 is 24.0 Å². The molecule has 1 aromatic heterocycles. The van der Waals surface area contributed by atoms with E-state index in [1.54, 1.807) is 0 Å². The van der Waals surface area contributed by atoms with Crippen LogP contribution in [-0.4, -0.2) is 12.5 Å². The van der Waals surface area contributed by atoms with Gasteiger partial charge in [0.2, 0.25) is 0 Å². The minimum atomic E-state index is 0. The smallest absolute Gasteiger partial charge is 0.257 e. The molecule has 0 aliphatic heterocycles. The van der Waals surface area contributed by atoms with Crippen LogP contribution in [0.1, 0.15) is 81.5 Å². The fourth-order valence-corrected chi connectivity index (χ4v) is 2.64. The first-order chi connectivity index (χ1) is 10.7. The van der Waals surface area contributed by atoms with Crippen molar-refractivity contribution in [3.8, 4) is 0 Å². The molecular weight excluding hydrogens is 399 g/mol. The van der Waals surface area contributed by atoms with Gasteiger partial charge in [0.15, 0.2) is 12.4 Å². The Balaban J connectivity index is 0.00000484. The Labute approximate surface area is 159 Å². The Morgan fingerprint density at radius 3 is 2.13 bits per heavy atom. The van der Waals surface area contributed by atoms with Gasteiger partial charge in [-0.1, -0.05) is 64.7 Å². The van der Waals surface area contributed by atoms with Gasteiger partial charge in [-0.2, -0.15) is 0 Å². The lowest BCUT2D eigenvalue weighted by Gasteiger charge is -2.05. The first-order valence-electron chi connectivity index (χ1n) is 8.97. The largest absolute Gasteiger partial charge is 0.352 e. The number of hydrogen-bond acceptors (Lipinski definition) is 1. The summed E-state index contributed by atoms with van der Waals surface area (Å²) < 4.78 is 1.90. The van der Waals surface area contributed by atoms with E-state index in [2.05, 4.69) is 12.2 Å². The molecule has 0 bridgehead atoms. The van der Waals surface area contributed by atoms with Crippen molar-refractivity contribution in [3.05, 3.63) is 30.1 Å². The molecule has 0 aliphatic rings. The van der Waals surface area contributed by atoms with Gasteiger partial charge in [0, 0.05) is 12.6 Å². The van der Waals surface area contributed by atoms with Crippen LogP contribution in [0.25, 0.3) is 0 Å². The zero-order valence-electron chi connectivity index (χ0n) is 14.9. The van der Waals surface area contributed by atoms with Crippen molar-refractivity contribution < 1.29 is 9.36 Å². The average Bonchev–Trinajstić information content (AvgIpc) is 2.52. The Morgan fingerprint density at radius 1 is 1.00 bits per heavy atom. The summed E-state index contributed by atoms with van der Waals surface area (Å²) in [6.45, 7) is 3.05. The molecule has 0 radical (unpaired) electrons. The standard InChI is InChI=1S/C19H32N2O.HI/c1-3-4-5-6-7-8-9-10-11-12-15-20-19(22)18-14-13-16-21(2)17-18;/h13-14,16-17H,3-12,15H2,1-2H3;1H/p+1. The predicted octanol–water partition coefficient (Wildman–Crippen LogP) is 4.78. The summed E-state index contributed by atoms with van der Waals surface area (Å²) in [5.74, 6) is 0.0344. The summed E-state index contributed by atoms with van der Waals surface area (Å²) in [6, 6.07) is 3.75. The maximum absolute atomic E-state index is 11.9. The fraction of sp³-hybridized carbons (Fsp3) is 0.684. The first kappa shape index (κ1) is 22.4. The number of unbranched alkanes of at least 4 members (excludes halogenated alkanes) is 9. The van der Waals surface area contributed by atoms with Crippen LogP contribution in [0, 0.1) is 0 Å². The number of rotatable bonds is 12. The second-order valence-corrected chi connectivity index (χ2v) is 6.20. The Bertz CT molecular complexity index is 424. The zero-order valence-corrected chi connectivity index (χ0v) is 17.2. The van der Waals surface area contributed by atoms with Crippen molar-refractivity contribution in [3.63, 3.8) is 0 Å². The minimum absolute atomic E-state index is 0. The minimum Gasteiger partial charge on any atom is -0.352 e. The molecule has 1 N–H and O–H groups in total. The van der Waals surface area contributed by atoms with Crippen molar-refractivity contribution in [1.82, 2.24) is 5.32 Å². The molecule has 0 spiro atoms. The predicted molar refractivity (Wildman–Crippen MR) is 107 cm³/mol. The number of amides is 1. The third-order valence-corrected chi connectivity index (χ3v) is 4.02. The summed E-state index contributed by atoms with van der Waals surface area (Å²) in [7, 11) is 1.93. The van der Waals surface area contributed by atoms with Gasteiger partial charge in [0.05, 0.1) is 0 Å². The number of hydrogen-bond donors (Lipinski definition) is 1. The Kier molecular flexibility index (Phi) is 14.5. The lowest BCUT2D eigenvalue weighted by atomic mass is 10.1. The molecule has 3 nitrogen and oxygen atoms in total. The number of carbonyl (C=O) groups is 1. The molecule has 1 rings (SSSR count).